The molecule has 2 aromatic carbocycles. The van der Waals surface area contributed by atoms with Gasteiger partial charge in [-0.15, -0.1) is 0 Å². The van der Waals surface area contributed by atoms with Crippen molar-refractivity contribution in [3.8, 4) is 11.5 Å². The molecule has 114 valence electrons. The van der Waals surface area contributed by atoms with Crippen LogP contribution in [0, 0.1) is 6.92 Å². The van der Waals surface area contributed by atoms with Gasteiger partial charge in [0.2, 0.25) is 6.79 Å². The number of aryl methyl sites for hydroxylation is 1. The quantitative estimate of drug-likeness (QED) is 0.912. The zero-order valence-corrected chi connectivity index (χ0v) is 12.4. The van der Waals surface area contributed by atoms with Gasteiger partial charge in [0.25, 0.3) is 0 Å². The summed E-state index contributed by atoms with van der Waals surface area (Å²) in [6.45, 7) is 3.24. The van der Waals surface area contributed by atoms with Crippen molar-refractivity contribution in [3.63, 3.8) is 0 Å². The predicted molar refractivity (Wildman–Crippen MR) is 82.8 cm³/mol. The monoisotopic (exact) mass is 298 g/mol. The molecule has 0 spiro atoms. The molecule has 2 aromatic rings. The van der Waals surface area contributed by atoms with E-state index in [2.05, 4.69) is 10.6 Å². The molecule has 5 nitrogen and oxygen atoms in total. The van der Waals surface area contributed by atoms with Gasteiger partial charge in [-0.05, 0) is 30.2 Å². The first kappa shape index (κ1) is 14.3. The molecule has 0 unspecified atom stereocenters. The highest BCUT2D eigenvalue weighted by molar-refractivity contribution is 5.73. The topological polar surface area (TPSA) is 59.6 Å². The van der Waals surface area contributed by atoms with E-state index < -0.39 is 0 Å². The van der Waals surface area contributed by atoms with Crippen molar-refractivity contribution in [1.82, 2.24) is 10.6 Å². The fourth-order valence-electron chi connectivity index (χ4n) is 2.18. The van der Waals surface area contributed by atoms with E-state index in [1.807, 2.05) is 49.4 Å². The van der Waals surface area contributed by atoms with Gasteiger partial charge in [-0.2, -0.15) is 0 Å². The van der Waals surface area contributed by atoms with Crippen molar-refractivity contribution in [3.05, 3.63) is 59.2 Å². The number of nitrogens with one attached hydrogen (secondary N) is 2. The molecular weight excluding hydrogens is 280 g/mol. The average Bonchev–Trinajstić information content (AvgIpc) is 3.00. The van der Waals surface area contributed by atoms with Gasteiger partial charge in [-0.1, -0.05) is 35.9 Å². The molecule has 1 aliphatic rings. The van der Waals surface area contributed by atoms with Gasteiger partial charge in [0.05, 0.1) is 0 Å². The minimum atomic E-state index is -0.196. The number of benzene rings is 2. The number of hydrogen-bond donors (Lipinski definition) is 2. The van der Waals surface area contributed by atoms with E-state index in [0.29, 0.717) is 13.1 Å². The third-order valence-electron chi connectivity index (χ3n) is 3.46. The molecule has 5 heteroatoms. The second-order valence-electron chi connectivity index (χ2n) is 5.21. The summed E-state index contributed by atoms with van der Waals surface area (Å²) in [6, 6.07) is 13.5. The van der Waals surface area contributed by atoms with Gasteiger partial charge in [-0.3, -0.25) is 0 Å². The van der Waals surface area contributed by atoms with Crippen LogP contribution in [0.4, 0.5) is 4.79 Å². The molecular formula is C17H18N2O3. The maximum absolute atomic E-state index is 11.8. The van der Waals surface area contributed by atoms with Crippen LogP contribution in [0.5, 0.6) is 11.5 Å². The molecule has 2 amide bonds. The Morgan fingerprint density at radius 3 is 2.36 bits per heavy atom. The van der Waals surface area contributed by atoms with E-state index in [0.717, 1.165) is 22.6 Å². The van der Waals surface area contributed by atoms with Crippen LogP contribution in [-0.4, -0.2) is 12.8 Å². The first-order valence-corrected chi connectivity index (χ1v) is 7.16. The molecule has 0 saturated carbocycles. The van der Waals surface area contributed by atoms with E-state index in [-0.39, 0.29) is 12.8 Å². The Bertz CT molecular complexity index is 668. The minimum Gasteiger partial charge on any atom is -0.454 e. The van der Waals surface area contributed by atoms with Crippen molar-refractivity contribution in [2.45, 2.75) is 20.0 Å². The van der Waals surface area contributed by atoms with E-state index in [1.54, 1.807) is 0 Å². The highest BCUT2D eigenvalue weighted by atomic mass is 16.7. The van der Waals surface area contributed by atoms with Crippen LogP contribution < -0.4 is 20.1 Å². The Hall–Kier alpha value is -2.69. The molecule has 0 bridgehead atoms. The van der Waals surface area contributed by atoms with Crippen LogP contribution in [0.15, 0.2) is 42.5 Å². The fraction of sp³-hybridized carbons (Fsp3) is 0.235. The summed E-state index contributed by atoms with van der Waals surface area (Å²) in [5, 5.41) is 5.66. The highest BCUT2D eigenvalue weighted by Gasteiger charge is 2.13. The zero-order valence-electron chi connectivity index (χ0n) is 12.4. The van der Waals surface area contributed by atoms with Crippen molar-refractivity contribution in [2.24, 2.45) is 0 Å². The lowest BCUT2D eigenvalue weighted by atomic mass is 10.1. The number of urea groups is 1. The summed E-state index contributed by atoms with van der Waals surface area (Å²) in [7, 11) is 0. The Kier molecular flexibility index (Phi) is 4.14. The van der Waals surface area contributed by atoms with Crippen molar-refractivity contribution >= 4 is 6.03 Å². The molecule has 1 aliphatic heterocycles. The number of ether oxygens (including phenoxy) is 2. The van der Waals surface area contributed by atoms with E-state index in [9.17, 15) is 4.79 Å². The van der Waals surface area contributed by atoms with E-state index in [1.165, 1.54) is 5.56 Å². The SMILES string of the molecule is Cc1ccc(CNC(=O)NCc2ccc3c(c2)OCO3)cc1. The third-order valence-corrected chi connectivity index (χ3v) is 3.46. The van der Waals surface area contributed by atoms with Crippen LogP contribution in [0.3, 0.4) is 0 Å². The molecule has 0 aromatic heterocycles. The lowest BCUT2D eigenvalue weighted by Crippen LogP contribution is -2.34. The van der Waals surface area contributed by atoms with Gasteiger partial charge in [-0.25, -0.2) is 4.79 Å². The summed E-state index contributed by atoms with van der Waals surface area (Å²) in [5.74, 6) is 1.46. The van der Waals surface area contributed by atoms with E-state index >= 15 is 0 Å². The summed E-state index contributed by atoms with van der Waals surface area (Å²) >= 11 is 0. The lowest BCUT2D eigenvalue weighted by Gasteiger charge is -2.08. The first-order valence-electron chi connectivity index (χ1n) is 7.16. The fourth-order valence-corrected chi connectivity index (χ4v) is 2.18. The number of carbonyl (C=O) groups excluding carboxylic acids is 1. The second kappa shape index (κ2) is 6.39. The van der Waals surface area contributed by atoms with E-state index in [4.69, 9.17) is 9.47 Å². The third kappa shape index (κ3) is 3.49. The number of rotatable bonds is 4. The lowest BCUT2D eigenvalue weighted by molar-refractivity contribution is 0.174. The minimum absolute atomic E-state index is 0.196. The molecule has 0 fully saturated rings. The molecule has 22 heavy (non-hydrogen) atoms. The Morgan fingerprint density at radius 1 is 0.955 bits per heavy atom. The normalized spacial score (nSPS) is 12.0. The standard InChI is InChI=1S/C17H18N2O3/c1-12-2-4-13(5-3-12)9-18-17(20)19-10-14-6-7-15-16(8-14)22-11-21-15/h2-8H,9-11H2,1H3,(H2,18,19,20). The molecule has 0 aliphatic carbocycles. The smallest absolute Gasteiger partial charge is 0.315 e. The molecule has 1 heterocycles. The van der Waals surface area contributed by atoms with Gasteiger partial charge in [0, 0.05) is 13.1 Å². The number of amides is 2. The van der Waals surface area contributed by atoms with Crippen molar-refractivity contribution in [2.75, 3.05) is 6.79 Å². The average molecular weight is 298 g/mol. The Labute approximate surface area is 129 Å². The molecule has 0 atom stereocenters. The van der Waals surface area contributed by atoms with Crippen LogP contribution in [0.25, 0.3) is 0 Å². The summed E-state index contributed by atoms with van der Waals surface area (Å²) in [6.07, 6.45) is 0. The second-order valence-corrected chi connectivity index (χ2v) is 5.21. The van der Waals surface area contributed by atoms with Gasteiger partial charge >= 0.3 is 6.03 Å². The van der Waals surface area contributed by atoms with Gasteiger partial charge in [0.1, 0.15) is 0 Å². The molecule has 3 rings (SSSR count). The van der Waals surface area contributed by atoms with Crippen molar-refractivity contribution < 1.29 is 14.3 Å². The van der Waals surface area contributed by atoms with Crippen LogP contribution in [-0.2, 0) is 13.1 Å². The van der Waals surface area contributed by atoms with Crippen LogP contribution >= 0.6 is 0 Å². The largest absolute Gasteiger partial charge is 0.454 e. The van der Waals surface area contributed by atoms with Crippen molar-refractivity contribution in [1.29, 1.82) is 0 Å². The molecule has 0 radical (unpaired) electrons. The zero-order chi connectivity index (χ0) is 15.4. The van der Waals surface area contributed by atoms with Gasteiger partial charge in [0.15, 0.2) is 11.5 Å². The molecule has 0 saturated heterocycles. The predicted octanol–water partition coefficient (Wildman–Crippen LogP) is 2.72. The Morgan fingerprint density at radius 2 is 1.59 bits per heavy atom. The molecule has 2 N–H and O–H groups in total. The Balaban J connectivity index is 1.47. The van der Waals surface area contributed by atoms with Gasteiger partial charge < -0.3 is 20.1 Å². The summed E-state index contributed by atoms with van der Waals surface area (Å²) in [5.41, 5.74) is 3.24. The summed E-state index contributed by atoms with van der Waals surface area (Å²) < 4.78 is 10.6. The number of hydrogen-bond acceptors (Lipinski definition) is 3. The maximum atomic E-state index is 11.8. The summed E-state index contributed by atoms with van der Waals surface area (Å²) in [4.78, 5) is 11.8. The maximum Gasteiger partial charge on any atom is 0.315 e. The highest BCUT2D eigenvalue weighted by Crippen LogP contribution is 2.32. The van der Waals surface area contributed by atoms with Crippen LogP contribution in [0.2, 0.25) is 0 Å². The number of carbonyl (C=O) groups is 1. The van der Waals surface area contributed by atoms with Crippen LogP contribution in [0.1, 0.15) is 16.7 Å². The number of fused-ring (bicyclic) bond motifs is 1. The first-order chi connectivity index (χ1) is 10.7.